The summed E-state index contributed by atoms with van der Waals surface area (Å²) >= 11 is 0. The smallest absolute Gasteiger partial charge is 0.243 e. The van der Waals surface area contributed by atoms with Crippen LogP contribution in [0.2, 0.25) is 0 Å². The van der Waals surface area contributed by atoms with Crippen LogP contribution < -0.4 is 14.8 Å². The Morgan fingerprint density at radius 3 is 2.24 bits per heavy atom. The number of sulfonamides is 1. The van der Waals surface area contributed by atoms with Gasteiger partial charge in [-0.1, -0.05) is 12.8 Å². The van der Waals surface area contributed by atoms with Gasteiger partial charge >= 0.3 is 0 Å². The van der Waals surface area contributed by atoms with Crippen LogP contribution in [0, 0.1) is 0 Å². The van der Waals surface area contributed by atoms with E-state index < -0.39 is 10.0 Å². The van der Waals surface area contributed by atoms with Crippen LogP contribution in [0.1, 0.15) is 47.2 Å². The molecule has 2 aromatic carbocycles. The maximum atomic E-state index is 13.0. The van der Waals surface area contributed by atoms with Crippen LogP contribution in [0.25, 0.3) is 5.70 Å². The first kappa shape index (κ1) is 23.3. The van der Waals surface area contributed by atoms with Crippen LogP contribution >= 0.6 is 0 Å². The van der Waals surface area contributed by atoms with E-state index in [1.165, 1.54) is 12.1 Å². The van der Waals surface area contributed by atoms with Gasteiger partial charge in [0.2, 0.25) is 10.0 Å². The molecule has 8 heteroatoms. The number of carbonyl (C=O) groups is 1. The highest BCUT2D eigenvalue weighted by molar-refractivity contribution is 7.89. The van der Waals surface area contributed by atoms with Crippen LogP contribution in [-0.2, 0) is 16.4 Å². The Balaban J connectivity index is 1.57. The normalized spacial score (nSPS) is 18.2. The molecular weight excluding hydrogens is 440 g/mol. The van der Waals surface area contributed by atoms with Gasteiger partial charge in [0.25, 0.3) is 0 Å². The van der Waals surface area contributed by atoms with Gasteiger partial charge in [0.15, 0.2) is 17.3 Å². The van der Waals surface area contributed by atoms with Gasteiger partial charge in [0, 0.05) is 42.5 Å². The largest absolute Gasteiger partial charge is 0.493 e. The van der Waals surface area contributed by atoms with Crippen molar-refractivity contribution in [1.29, 1.82) is 0 Å². The number of hydrogen-bond acceptors (Lipinski definition) is 6. The minimum atomic E-state index is -3.54. The van der Waals surface area contributed by atoms with Gasteiger partial charge < -0.3 is 14.8 Å². The molecule has 1 saturated heterocycles. The fraction of sp³-hybridized carbons (Fsp3) is 0.400. The standard InChI is InChI=1S/C25H30N2O5S/c1-31-24-15-19-11-12-26-22(21(19)16-25(24)32-2)17-23(28)18-7-9-20(10-8-18)33(29,30)27-13-5-3-4-6-14-27/h7-10,15-17,26H,3-6,11-14H2,1-2H3/b22-17-. The molecule has 0 atom stereocenters. The molecule has 2 heterocycles. The van der Waals surface area contributed by atoms with Crippen molar-refractivity contribution < 1.29 is 22.7 Å². The molecule has 2 aliphatic rings. The Labute approximate surface area is 195 Å². The molecule has 0 radical (unpaired) electrons. The van der Waals surface area contributed by atoms with Crippen LogP contribution in [0.5, 0.6) is 11.5 Å². The summed E-state index contributed by atoms with van der Waals surface area (Å²) in [5.74, 6) is 1.06. The zero-order chi connectivity index (χ0) is 23.4. The van der Waals surface area contributed by atoms with Crippen molar-refractivity contribution >= 4 is 21.5 Å². The van der Waals surface area contributed by atoms with Crippen molar-refractivity contribution in [2.75, 3.05) is 33.9 Å². The number of nitrogens with zero attached hydrogens (tertiary/aromatic N) is 1. The van der Waals surface area contributed by atoms with E-state index in [0.29, 0.717) is 42.4 Å². The minimum absolute atomic E-state index is 0.196. The SMILES string of the molecule is COc1cc2c(cc1OC)/C(=C/C(=O)c1ccc(S(=O)(=O)N3CCCCCC3)cc1)NCC2. The summed E-state index contributed by atoms with van der Waals surface area (Å²) in [6, 6.07) is 10.0. The van der Waals surface area contributed by atoms with E-state index in [4.69, 9.17) is 9.47 Å². The second-order valence-electron chi connectivity index (χ2n) is 8.31. The Kier molecular flexibility index (Phi) is 7.05. The van der Waals surface area contributed by atoms with Crippen LogP contribution in [0.15, 0.2) is 47.4 Å². The Hall–Kier alpha value is -2.84. The number of hydrogen-bond donors (Lipinski definition) is 1. The molecule has 0 aliphatic carbocycles. The average Bonchev–Trinajstić information content (AvgIpc) is 3.14. The lowest BCUT2D eigenvalue weighted by Gasteiger charge is -2.23. The lowest BCUT2D eigenvalue weighted by Crippen LogP contribution is -2.31. The summed E-state index contributed by atoms with van der Waals surface area (Å²) in [5.41, 5.74) is 3.12. The molecule has 0 unspecified atom stereocenters. The van der Waals surface area contributed by atoms with Crippen LogP contribution in [-0.4, -0.2) is 52.4 Å². The summed E-state index contributed by atoms with van der Waals surface area (Å²) in [6.07, 6.45) is 6.25. The lowest BCUT2D eigenvalue weighted by molar-refractivity contribution is 0.104. The van der Waals surface area contributed by atoms with E-state index in [9.17, 15) is 13.2 Å². The molecular formula is C25H30N2O5S. The molecule has 0 saturated carbocycles. The summed E-state index contributed by atoms with van der Waals surface area (Å²) in [6.45, 7) is 1.80. The first-order chi connectivity index (χ1) is 15.9. The predicted molar refractivity (Wildman–Crippen MR) is 127 cm³/mol. The Morgan fingerprint density at radius 1 is 0.970 bits per heavy atom. The number of nitrogens with one attached hydrogen (secondary N) is 1. The van der Waals surface area contributed by atoms with E-state index in [2.05, 4.69) is 5.32 Å². The number of rotatable bonds is 6. The molecule has 0 spiro atoms. The summed E-state index contributed by atoms with van der Waals surface area (Å²) in [5, 5.41) is 3.29. The monoisotopic (exact) mass is 470 g/mol. The van der Waals surface area contributed by atoms with E-state index in [1.54, 1.807) is 36.7 Å². The highest BCUT2D eigenvalue weighted by Gasteiger charge is 2.25. The van der Waals surface area contributed by atoms with E-state index in [-0.39, 0.29) is 10.7 Å². The number of allylic oxidation sites excluding steroid dienone is 1. The van der Waals surface area contributed by atoms with Crippen molar-refractivity contribution in [1.82, 2.24) is 9.62 Å². The predicted octanol–water partition coefficient (Wildman–Crippen LogP) is 3.64. The van der Waals surface area contributed by atoms with E-state index >= 15 is 0 Å². The number of fused-ring (bicyclic) bond motifs is 1. The first-order valence-corrected chi connectivity index (χ1v) is 12.7. The molecule has 0 bridgehead atoms. The third-order valence-corrected chi connectivity index (χ3v) is 8.14. The second-order valence-corrected chi connectivity index (χ2v) is 10.2. The summed E-state index contributed by atoms with van der Waals surface area (Å²) in [4.78, 5) is 13.2. The second kappa shape index (κ2) is 9.97. The Bertz CT molecular complexity index is 1150. The number of carbonyl (C=O) groups excluding carboxylic acids is 1. The topological polar surface area (TPSA) is 84.9 Å². The number of benzene rings is 2. The number of ether oxygens (including phenoxy) is 2. The maximum Gasteiger partial charge on any atom is 0.243 e. The minimum Gasteiger partial charge on any atom is -0.493 e. The number of methoxy groups -OCH3 is 2. The van der Waals surface area contributed by atoms with E-state index in [1.807, 2.05) is 12.1 Å². The fourth-order valence-corrected chi connectivity index (χ4v) is 5.89. The molecule has 1 N–H and O–H groups in total. The Morgan fingerprint density at radius 2 is 1.61 bits per heavy atom. The third-order valence-electron chi connectivity index (χ3n) is 6.23. The molecule has 33 heavy (non-hydrogen) atoms. The van der Waals surface area contributed by atoms with Gasteiger partial charge in [0.1, 0.15) is 0 Å². The molecule has 0 aromatic heterocycles. The van der Waals surface area contributed by atoms with Gasteiger partial charge in [0.05, 0.1) is 19.1 Å². The first-order valence-electron chi connectivity index (χ1n) is 11.3. The van der Waals surface area contributed by atoms with Gasteiger partial charge in [-0.25, -0.2) is 8.42 Å². The highest BCUT2D eigenvalue weighted by Crippen LogP contribution is 2.35. The van der Waals surface area contributed by atoms with Crippen molar-refractivity contribution in [2.45, 2.75) is 37.0 Å². The van der Waals surface area contributed by atoms with Gasteiger partial charge in [-0.15, -0.1) is 0 Å². The average molecular weight is 471 g/mol. The van der Waals surface area contributed by atoms with Crippen molar-refractivity contribution in [2.24, 2.45) is 0 Å². The molecule has 7 nitrogen and oxygen atoms in total. The third kappa shape index (κ3) is 4.91. The lowest BCUT2D eigenvalue weighted by atomic mass is 9.95. The van der Waals surface area contributed by atoms with E-state index in [0.717, 1.165) is 43.2 Å². The summed E-state index contributed by atoms with van der Waals surface area (Å²) < 4.78 is 38.3. The summed E-state index contributed by atoms with van der Waals surface area (Å²) in [7, 11) is -0.362. The van der Waals surface area contributed by atoms with Gasteiger partial charge in [-0.3, -0.25) is 4.79 Å². The zero-order valence-electron chi connectivity index (χ0n) is 19.1. The molecule has 176 valence electrons. The van der Waals surface area contributed by atoms with Crippen LogP contribution in [0.3, 0.4) is 0 Å². The number of ketones is 1. The quantitative estimate of drug-likeness (QED) is 0.513. The van der Waals surface area contributed by atoms with Crippen molar-refractivity contribution in [3.8, 4) is 11.5 Å². The fourth-order valence-electron chi connectivity index (χ4n) is 4.37. The highest BCUT2D eigenvalue weighted by atomic mass is 32.2. The van der Waals surface area contributed by atoms with Gasteiger partial charge in [-0.2, -0.15) is 4.31 Å². The molecule has 2 aromatic rings. The zero-order valence-corrected chi connectivity index (χ0v) is 19.9. The van der Waals surface area contributed by atoms with Crippen LogP contribution in [0.4, 0.5) is 0 Å². The molecule has 0 amide bonds. The molecule has 4 rings (SSSR count). The molecule has 1 fully saturated rings. The maximum absolute atomic E-state index is 13.0. The van der Waals surface area contributed by atoms with Crippen molar-refractivity contribution in [3.63, 3.8) is 0 Å². The van der Waals surface area contributed by atoms with Crippen molar-refractivity contribution in [3.05, 3.63) is 59.2 Å². The van der Waals surface area contributed by atoms with Gasteiger partial charge in [-0.05, 0) is 61.2 Å². The molecule has 2 aliphatic heterocycles.